The van der Waals surface area contributed by atoms with Gasteiger partial charge in [0.05, 0.1) is 11.0 Å². The van der Waals surface area contributed by atoms with Crippen molar-refractivity contribution >= 4 is 17.3 Å². The highest BCUT2D eigenvalue weighted by Gasteiger charge is 2.11. The highest BCUT2D eigenvalue weighted by atomic mass is 16.6. The summed E-state index contributed by atoms with van der Waals surface area (Å²) in [7, 11) is 0. The number of aromatic carboxylic acids is 1. The number of imidazole rings is 1. The molecule has 0 bridgehead atoms. The molecule has 2 aromatic heterocycles. The Hall–Kier alpha value is -2.44. The molecule has 0 spiro atoms. The fourth-order valence-electron chi connectivity index (χ4n) is 1.19. The predicted molar refractivity (Wildman–Crippen MR) is 48.8 cm³/mol. The number of pyridine rings is 1. The van der Waals surface area contributed by atoms with Crippen LogP contribution in [0.4, 0.5) is 5.69 Å². The molecule has 0 atom stereocenters. The van der Waals surface area contributed by atoms with Gasteiger partial charge in [-0.1, -0.05) is 0 Å². The Balaban J connectivity index is 2.62. The topological polar surface area (TPSA) is 97.7 Å². The molecule has 0 aromatic carbocycles. The van der Waals surface area contributed by atoms with Crippen molar-refractivity contribution in [1.29, 1.82) is 0 Å². The lowest BCUT2D eigenvalue weighted by Crippen LogP contribution is -1.94. The van der Waals surface area contributed by atoms with Crippen molar-refractivity contribution < 1.29 is 14.8 Å². The first-order chi connectivity index (χ1) is 7.08. The van der Waals surface area contributed by atoms with Gasteiger partial charge in [-0.25, -0.2) is 9.78 Å². The zero-order chi connectivity index (χ0) is 11.0. The largest absolute Gasteiger partial charge is 0.476 e. The molecule has 0 aliphatic rings. The Kier molecular flexibility index (Phi) is 1.86. The van der Waals surface area contributed by atoms with Crippen molar-refractivity contribution in [3.8, 4) is 0 Å². The molecule has 76 valence electrons. The lowest BCUT2D eigenvalue weighted by atomic mass is 10.4. The van der Waals surface area contributed by atoms with Gasteiger partial charge in [-0.15, -0.1) is 0 Å². The quantitative estimate of drug-likeness (QED) is 0.583. The minimum Gasteiger partial charge on any atom is -0.476 e. The number of carboxylic acids is 1. The van der Waals surface area contributed by atoms with E-state index in [0.717, 1.165) is 0 Å². The summed E-state index contributed by atoms with van der Waals surface area (Å²) in [5.41, 5.74) is -0.0258. The molecule has 0 aliphatic carbocycles. The van der Waals surface area contributed by atoms with E-state index in [2.05, 4.69) is 4.98 Å². The summed E-state index contributed by atoms with van der Waals surface area (Å²) in [5.74, 6) is -1.17. The van der Waals surface area contributed by atoms with Gasteiger partial charge in [0.1, 0.15) is 5.65 Å². The van der Waals surface area contributed by atoms with Gasteiger partial charge in [-0.2, -0.15) is 0 Å². The summed E-state index contributed by atoms with van der Waals surface area (Å²) in [6, 6.07) is 2.49. The second kappa shape index (κ2) is 3.05. The molecular formula is C8H5N3O4. The SMILES string of the molecule is O=C(O)c1cn2ccc([N+](=O)[O-])cc2n1. The van der Waals surface area contributed by atoms with Crippen LogP contribution in [0.5, 0.6) is 0 Å². The number of hydrogen-bond donors (Lipinski definition) is 1. The van der Waals surface area contributed by atoms with Crippen molar-refractivity contribution in [2.45, 2.75) is 0 Å². The number of aromatic nitrogens is 2. The molecule has 2 heterocycles. The monoisotopic (exact) mass is 207 g/mol. The average Bonchev–Trinajstić information content (AvgIpc) is 2.59. The van der Waals surface area contributed by atoms with E-state index < -0.39 is 10.9 Å². The minimum atomic E-state index is -1.17. The molecule has 1 N–H and O–H groups in total. The van der Waals surface area contributed by atoms with Crippen LogP contribution in [0.2, 0.25) is 0 Å². The molecule has 0 unspecified atom stereocenters. The number of nitrogens with zero attached hydrogens (tertiary/aromatic N) is 3. The highest BCUT2D eigenvalue weighted by molar-refractivity contribution is 5.86. The van der Waals surface area contributed by atoms with Gasteiger partial charge in [0.25, 0.3) is 5.69 Å². The van der Waals surface area contributed by atoms with E-state index in [-0.39, 0.29) is 17.0 Å². The summed E-state index contributed by atoms with van der Waals surface area (Å²) in [5, 5.41) is 19.1. The van der Waals surface area contributed by atoms with E-state index in [9.17, 15) is 14.9 Å². The van der Waals surface area contributed by atoms with Gasteiger partial charge >= 0.3 is 5.97 Å². The average molecular weight is 207 g/mol. The van der Waals surface area contributed by atoms with Gasteiger partial charge in [0, 0.05) is 18.5 Å². The van der Waals surface area contributed by atoms with Crippen LogP contribution in [0, 0.1) is 10.1 Å². The molecule has 0 aliphatic heterocycles. The van der Waals surface area contributed by atoms with Gasteiger partial charge in [0.2, 0.25) is 0 Å². The molecule has 0 saturated carbocycles. The lowest BCUT2D eigenvalue weighted by Gasteiger charge is -1.91. The Morgan fingerprint density at radius 1 is 1.60 bits per heavy atom. The number of carbonyl (C=O) groups is 1. The second-order valence-corrected chi connectivity index (χ2v) is 2.84. The van der Waals surface area contributed by atoms with Gasteiger partial charge in [-0.3, -0.25) is 10.1 Å². The first-order valence-corrected chi connectivity index (χ1v) is 3.94. The molecule has 7 nitrogen and oxygen atoms in total. The van der Waals surface area contributed by atoms with Crippen LogP contribution in [0.3, 0.4) is 0 Å². The normalized spacial score (nSPS) is 10.4. The molecule has 0 amide bonds. The third-order valence-corrected chi connectivity index (χ3v) is 1.87. The maximum atomic E-state index is 10.6. The van der Waals surface area contributed by atoms with Crippen LogP contribution in [-0.2, 0) is 0 Å². The highest BCUT2D eigenvalue weighted by Crippen LogP contribution is 2.14. The number of fused-ring (bicyclic) bond motifs is 1. The van der Waals surface area contributed by atoms with Crippen LogP contribution >= 0.6 is 0 Å². The predicted octanol–water partition coefficient (Wildman–Crippen LogP) is 0.941. The van der Waals surface area contributed by atoms with Crippen LogP contribution in [0.1, 0.15) is 10.5 Å². The van der Waals surface area contributed by atoms with Crippen molar-refractivity contribution in [1.82, 2.24) is 9.38 Å². The van der Waals surface area contributed by atoms with E-state index in [0.29, 0.717) is 0 Å². The third-order valence-electron chi connectivity index (χ3n) is 1.87. The maximum absolute atomic E-state index is 10.6. The Morgan fingerprint density at radius 3 is 2.93 bits per heavy atom. The summed E-state index contributed by atoms with van der Waals surface area (Å²) in [4.78, 5) is 24.2. The van der Waals surface area contributed by atoms with Crippen LogP contribution in [0.15, 0.2) is 24.5 Å². The number of carboxylic acid groups (broad SMARTS) is 1. The zero-order valence-corrected chi connectivity index (χ0v) is 7.32. The molecule has 2 aromatic rings. The van der Waals surface area contributed by atoms with Crippen molar-refractivity contribution in [3.05, 3.63) is 40.3 Å². The Bertz CT molecular complexity index is 548. The number of nitro groups is 1. The first kappa shape index (κ1) is 9.13. The Morgan fingerprint density at radius 2 is 2.33 bits per heavy atom. The van der Waals surface area contributed by atoms with Crippen LogP contribution < -0.4 is 0 Å². The van der Waals surface area contributed by atoms with Crippen LogP contribution in [-0.4, -0.2) is 25.4 Å². The minimum absolute atomic E-state index is 0.120. The first-order valence-electron chi connectivity index (χ1n) is 3.94. The third kappa shape index (κ3) is 1.50. The molecule has 0 fully saturated rings. The number of hydrogen-bond acceptors (Lipinski definition) is 4. The fraction of sp³-hybridized carbons (Fsp3) is 0. The van der Waals surface area contributed by atoms with Crippen molar-refractivity contribution in [3.63, 3.8) is 0 Å². The van der Waals surface area contributed by atoms with Gasteiger partial charge in [-0.05, 0) is 0 Å². The van der Waals surface area contributed by atoms with Gasteiger partial charge < -0.3 is 9.51 Å². The standard InChI is InChI=1S/C8H5N3O4/c12-8(13)6-4-10-2-1-5(11(14)15)3-7(10)9-6/h1-4H,(H,12,13). The van der Waals surface area contributed by atoms with Gasteiger partial charge in [0.15, 0.2) is 5.69 Å². The fourth-order valence-corrected chi connectivity index (χ4v) is 1.19. The maximum Gasteiger partial charge on any atom is 0.356 e. The molecule has 15 heavy (non-hydrogen) atoms. The summed E-state index contributed by atoms with van der Waals surface area (Å²) < 4.78 is 1.41. The molecule has 2 rings (SSSR count). The van der Waals surface area contributed by atoms with E-state index in [1.54, 1.807) is 0 Å². The molecule has 0 radical (unpaired) electrons. The molecule has 7 heteroatoms. The van der Waals surface area contributed by atoms with E-state index in [4.69, 9.17) is 5.11 Å². The van der Waals surface area contributed by atoms with E-state index in [1.165, 1.54) is 28.9 Å². The van der Waals surface area contributed by atoms with Crippen LogP contribution in [0.25, 0.3) is 5.65 Å². The molecule has 0 saturated heterocycles. The summed E-state index contributed by atoms with van der Waals surface area (Å²) in [6.07, 6.45) is 2.69. The van der Waals surface area contributed by atoms with E-state index >= 15 is 0 Å². The zero-order valence-electron chi connectivity index (χ0n) is 7.32. The second-order valence-electron chi connectivity index (χ2n) is 2.84. The Labute approximate surface area is 82.7 Å². The van der Waals surface area contributed by atoms with Crippen molar-refractivity contribution in [2.24, 2.45) is 0 Å². The molecular weight excluding hydrogens is 202 g/mol. The number of rotatable bonds is 2. The van der Waals surface area contributed by atoms with E-state index in [1.807, 2.05) is 0 Å². The summed E-state index contributed by atoms with van der Waals surface area (Å²) >= 11 is 0. The lowest BCUT2D eigenvalue weighted by molar-refractivity contribution is -0.384. The smallest absolute Gasteiger partial charge is 0.356 e. The summed E-state index contributed by atoms with van der Waals surface area (Å²) in [6.45, 7) is 0. The van der Waals surface area contributed by atoms with Crippen molar-refractivity contribution in [2.75, 3.05) is 0 Å².